The quantitative estimate of drug-likeness (QED) is 0.728. The third kappa shape index (κ3) is 2.69. The van der Waals surface area contributed by atoms with Crippen molar-refractivity contribution in [2.24, 2.45) is 4.99 Å². The molecule has 2 aromatic rings. The highest BCUT2D eigenvalue weighted by atomic mass is 35.5. The molecule has 1 unspecified atom stereocenters. The molecule has 3 nitrogen and oxygen atoms in total. The van der Waals surface area contributed by atoms with Gasteiger partial charge in [0, 0.05) is 28.9 Å². The first-order chi connectivity index (χ1) is 11.5. The summed E-state index contributed by atoms with van der Waals surface area (Å²) in [6, 6.07) is 16.3. The van der Waals surface area contributed by atoms with Crippen LogP contribution in [0.2, 0.25) is 5.02 Å². The van der Waals surface area contributed by atoms with Crippen LogP contribution >= 0.6 is 11.6 Å². The lowest BCUT2D eigenvalue weighted by atomic mass is 9.89. The predicted octanol–water partition coefficient (Wildman–Crippen LogP) is 5.43. The van der Waals surface area contributed by atoms with Crippen LogP contribution in [-0.4, -0.2) is 11.8 Å². The Morgan fingerprint density at radius 3 is 2.54 bits per heavy atom. The first kappa shape index (κ1) is 15.3. The highest BCUT2D eigenvalue weighted by molar-refractivity contribution is 6.31. The Bertz CT molecular complexity index is 851. The van der Waals surface area contributed by atoms with Gasteiger partial charge in [0.05, 0.1) is 23.0 Å². The molecule has 0 saturated carbocycles. The zero-order chi connectivity index (χ0) is 16.7. The minimum atomic E-state index is -0.101. The van der Waals surface area contributed by atoms with Gasteiger partial charge < -0.3 is 10.6 Å². The fourth-order valence-electron chi connectivity index (χ4n) is 3.34. The summed E-state index contributed by atoms with van der Waals surface area (Å²) in [5.41, 5.74) is 5.48. The van der Waals surface area contributed by atoms with Crippen molar-refractivity contribution < 1.29 is 0 Å². The maximum atomic E-state index is 6.50. The van der Waals surface area contributed by atoms with E-state index >= 15 is 0 Å². The topological polar surface area (TPSA) is 36.4 Å². The Kier molecular flexibility index (Phi) is 3.61. The van der Waals surface area contributed by atoms with E-state index in [1.807, 2.05) is 36.5 Å². The Balaban J connectivity index is 1.88. The van der Waals surface area contributed by atoms with Crippen molar-refractivity contribution in [3.63, 3.8) is 0 Å². The van der Waals surface area contributed by atoms with E-state index in [4.69, 9.17) is 16.6 Å². The smallest absolute Gasteiger partial charge is 0.0814 e. The molecule has 2 N–H and O–H groups in total. The first-order valence-electron chi connectivity index (χ1n) is 8.19. The van der Waals surface area contributed by atoms with E-state index in [0.717, 1.165) is 34.0 Å². The van der Waals surface area contributed by atoms with Crippen molar-refractivity contribution in [3.8, 4) is 0 Å². The molecule has 0 spiro atoms. The van der Waals surface area contributed by atoms with E-state index in [0.29, 0.717) is 0 Å². The number of hydrogen-bond donors (Lipinski definition) is 2. The molecular formula is C20H20ClN3. The number of fused-ring (bicyclic) bond motifs is 1. The normalized spacial score (nSPS) is 21.2. The van der Waals surface area contributed by atoms with Crippen molar-refractivity contribution in [2.75, 3.05) is 10.6 Å². The second-order valence-corrected chi connectivity index (χ2v) is 7.36. The fourth-order valence-corrected chi connectivity index (χ4v) is 3.58. The predicted molar refractivity (Wildman–Crippen MR) is 102 cm³/mol. The summed E-state index contributed by atoms with van der Waals surface area (Å²) >= 11 is 6.50. The molecule has 0 aromatic heterocycles. The maximum absolute atomic E-state index is 6.50. The van der Waals surface area contributed by atoms with Crippen LogP contribution in [0.5, 0.6) is 0 Å². The van der Waals surface area contributed by atoms with Gasteiger partial charge in [-0.1, -0.05) is 41.9 Å². The maximum Gasteiger partial charge on any atom is 0.0814 e. The van der Waals surface area contributed by atoms with Gasteiger partial charge >= 0.3 is 0 Å². The lowest BCUT2D eigenvalue weighted by Crippen LogP contribution is -2.27. The number of halogens is 1. The standard InChI is InChI=1S/C20H20ClN3/c1-20(2)11-18-14(12-22-20)19(13-7-3-4-8-15(13)21)24-17-10-6-5-9-16(17)23-18/h3-10,12,19,23-24H,11H2,1-2H3. The number of rotatable bonds is 1. The molecule has 2 aliphatic heterocycles. The average molecular weight is 338 g/mol. The largest absolute Gasteiger partial charge is 0.372 e. The number of nitrogens with zero attached hydrogens (tertiary/aromatic N) is 1. The molecule has 0 fully saturated rings. The molecule has 0 saturated heterocycles. The average Bonchev–Trinajstić information content (AvgIpc) is 2.70. The van der Waals surface area contributed by atoms with Gasteiger partial charge in [-0.05, 0) is 37.6 Å². The number of aliphatic imine (C=N–C) groups is 1. The Morgan fingerprint density at radius 2 is 1.75 bits per heavy atom. The van der Waals surface area contributed by atoms with Gasteiger partial charge in [-0.25, -0.2) is 0 Å². The molecule has 0 aliphatic carbocycles. The van der Waals surface area contributed by atoms with E-state index in [9.17, 15) is 0 Å². The third-order valence-corrected chi connectivity index (χ3v) is 4.89. The Morgan fingerprint density at radius 1 is 1.04 bits per heavy atom. The number of hydrogen-bond acceptors (Lipinski definition) is 3. The molecule has 0 radical (unpaired) electrons. The van der Waals surface area contributed by atoms with Crippen LogP contribution in [0.25, 0.3) is 0 Å². The van der Waals surface area contributed by atoms with E-state index in [2.05, 4.69) is 42.7 Å². The summed E-state index contributed by atoms with van der Waals surface area (Å²) in [6.07, 6.45) is 2.87. The third-order valence-electron chi connectivity index (χ3n) is 4.55. The fraction of sp³-hybridized carbons (Fsp3) is 0.250. The number of benzene rings is 2. The Hall–Kier alpha value is -2.26. The van der Waals surface area contributed by atoms with E-state index in [1.54, 1.807) is 0 Å². The summed E-state index contributed by atoms with van der Waals surface area (Å²) in [5, 5.41) is 8.03. The van der Waals surface area contributed by atoms with Gasteiger partial charge in [-0.3, -0.25) is 4.99 Å². The number of dihydropyridines is 1. The highest BCUT2D eigenvalue weighted by Crippen LogP contribution is 2.41. The van der Waals surface area contributed by atoms with Crippen molar-refractivity contribution in [1.29, 1.82) is 0 Å². The van der Waals surface area contributed by atoms with Gasteiger partial charge in [0.2, 0.25) is 0 Å². The van der Waals surface area contributed by atoms with Crippen LogP contribution in [0.1, 0.15) is 31.9 Å². The van der Waals surface area contributed by atoms with E-state index in [-0.39, 0.29) is 11.6 Å². The van der Waals surface area contributed by atoms with Crippen molar-refractivity contribution in [1.82, 2.24) is 0 Å². The highest BCUT2D eigenvalue weighted by Gasteiger charge is 2.31. The molecule has 122 valence electrons. The minimum absolute atomic E-state index is 0.0234. The van der Waals surface area contributed by atoms with Gasteiger partial charge in [-0.2, -0.15) is 0 Å². The lowest BCUT2D eigenvalue weighted by molar-refractivity contribution is 0.512. The van der Waals surface area contributed by atoms with Gasteiger partial charge in [-0.15, -0.1) is 0 Å². The molecule has 0 amide bonds. The van der Waals surface area contributed by atoms with Gasteiger partial charge in [0.1, 0.15) is 0 Å². The van der Waals surface area contributed by atoms with Crippen molar-refractivity contribution >= 4 is 29.2 Å². The van der Waals surface area contributed by atoms with E-state index in [1.165, 1.54) is 5.70 Å². The molecule has 4 heteroatoms. The zero-order valence-electron chi connectivity index (χ0n) is 13.8. The molecule has 0 bridgehead atoms. The summed E-state index contributed by atoms with van der Waals surface area (Å²) < 4.78 is 0. The van der Waals surface area contributed by atoms with Crippen LogP contribution < -0.4 is 10.6 Å². The van der Waals surface area contributed by atoms with Crippen molar-refractivity contribution in [3.05, 3.63) is 70.4 Å². The van der Waals surface area contributed by atoms with Gasteiger partial charge in [0.25, 0.3) is 0 Å². The van der Waals surface area contributed by atoms with Crippen LogP contribution in [0.3, 0.4) is 0 Å². The van der Waals surface area contributed by atoms with Crippen molar-refractivity contribution in [2.45, 2.75) is 31.8 Å². The van der Waals surface area contributed by atoms with Crippen LogP contribution in [-0.2, 0) is 0 Å². The summed E-state index contributed by atoms with van der Waals surface area (Å²) in [4.78, 5) is 4.75. The second-order valence-electron chi connectivity index (χ2n) is 6.95. The molecule has 2 aromatic carbocycles. The number of nitrogens with one attached hydrogen (secondary N) is 2. The molecule has 1 atom stereocenters. The molecular weight excluding hydrogens is 318 g/mol. The SMILES string of the molecule is CC1(C)CC2=C(C=N1)C(c1ccccc1Cl)Nc1ccccc1N2. The molecule has 2 heterocycles. The first-order valence-corrected chi connectivity index (χ1v) is 8.57. The monoisotopic (exact) mass is 337 g/mol. The van der Waals surface area contributed by atoms with Crippen LogP contribution in [0, 0.1) is 0 Å². The van der Waals surface area contributed by atoms with Gasteiger partial charge in [0.15, 0.2) is 0 Å². The molecule has 4 rings (SSSR count). The molecule has 2 aliphatic rings. The number of anilines is 2. The second kappa shape index (κ2) is 5.67. The Labute approximate surface area is 147 Å². The van der Waals surface area contributed by atoms with Crippen LogP contribution in [0.4, 0.5) is 11.4 Å². The zero-order valence-corrected chi connectivity index (χ0v) is 14.6. The minimum Gasteiger partial charge on any atom is -0.372 e. The van der Waals surface area contributed by atoms with E-state index < -0.39 is 0 Å². The summed E-state index contributed by atoms with van der Waals surface area (Å²) in [5.74, 6) is 0. The van der Waals surface area contributed by atoms with Crippen LogP contribution in [0.15, 0.2) is 64.8 Å². The lowest BCUT2D eigenvalue weighted by Gasteiger charge is -2.30. The summed E-state index contributed by atoms with van der Waals surface area (Å²) in [6.45, 7) is 4.31. The number of para-hydroxylation sites is 2. The molecule has 24 heavy (non-hydrogen) atoms. The summed E-state index contributed by atoms with van der Waals surface area (Å²) in [7, 11) is 0.